The average Bonchev–Trinajstić information content (AvgIpc) is 3.27. The molecule has 0 aliphatic heterocycles. The van der Waals surface area contributed by atoms with E-state index < -0.39 is 0 Å². The molecule has 0 bridgehead atoms. The van der Waals surface area contributed by atoms with E-state index >= 15 is 0 Å². The largest absolute Gasteiger partial charge is 0.469 e. The van der Waals surface area contributed by atoms with Gasteiger partial charge < -0.3 is 14.6 Å². The van der Waals surface area contributed by atoms with Crippen LogP contribution in [-0.4, -0.2) is 36.4 Å². The number of carbonyl (C=O) groups excluding carboxylic acids is 2. The Labute approximate surface area is 222 Å². The van der Waals surface area contributed by atoms with Crippen LogP contribution < -0.4 is 0 Å². The van der Waals surface area contributed by atoms with E-state index in [1.54, 1.807) is 0 Å². The third kappa shape index (κ3) is 4.64. The van der Waals surface area contributed by atoms with E-state index in [1.165, 1.54) is 26.4 Å². The van der Waals surface area contributed by atoms with Crippen LogP contribution in [0.25, 0.3) is 0 Å². The number of carbonyl (C=O) groups is 2. The first-order valence-electron chi connectivity index (χ1n) is 14.7. The molecule has 4 saturated carbocycles. The van der Waals surface area contributed by atoms with Crippen molar-refractivity contribution in [1.29, 1.82) is 0 Å². The summed E-state index contributed by atoms with van der Waals surface area (Å²) in [7, 11) is 1.46. The fraction of sp³-hybridized carbons (Fsp3) is 0.750. The van der Waals surface area contributed by atoms with Gasteiger partial charge in [0.15, 0.2) is 0 Å². The molecule has 5 rings (SSSR count). The van der Waals surface area contributed by atoms with Crippen LogP contribution in [0.15, 0.2) is 30.3 Å². The first-order chi connectivity index (χ1) is 17.7. The molecule has 0 heterocycles. The Kier molecular flexibility index (Phi) is 7.48. The fourth-order valence-electron chi connectivity index (χ4n) is 9.69. The molecule has 0 aromatic heterocycles. The number of fused-ring (bicyclic) bond motifs is 5. The van der Waals surface area contributed by atoms with Gasteiger partial charge in [0.05, 0.1) is 18.8 Å². The van der Waals surface area contributed by atoms with Gasteiger partial charge in [-0.15, -0.1) is 0 Å². The van der Waals surface area contributed by atoms with Gasteiger partial charge in [-0.2, -0.15) is 0 Å². The number of hydrogen-bond acceptors (Lipinski definition) is 5. The molecule has 1 aromatic carbocycles. The van der Waals surface area contributed by atoms with Crippen LogP contribution in [0.4, 0.5) is 0 Å². The first kappa shape index (κ1) is 26.7. The molecule has 204 valence electrons. The van der Waals surface area contributed by atoms with Crippen LogP contribution in [0.5, 0.6) is 0 Å². The van der Waals surface area contributed by atoms with Gasteiger partial charge in [-0.25, -0.2) is 4.79 Å². The van der Waals surface area contributed by atoms with Gasteiger partial charge in [-0.05, 0) is 116 Å². The minimum Gasteiger partial charge on any atom is -0.469 e. The van der Waals surface area contributed by atoms with E-state index in [9.17, 15) is 14.7 Å². The fourth-order valence-corrected chi connectivity index (χ4v) is 9.69. The third-order valence-electron chi connectivity index (χ3n) is 11.8. The van der Waals surface area contributed by atoms with Crippen molar-refractivity contribution in [3.63, 3.8) is 0 Å². The van der Waals surface area contributed by atoms with Crippen molar-refractivity contribution < 1.29 is 24.2 Å². The lowest BCUT2D eigenvalue weighted by Gasteiger charge is -2.62. The molecular weight excluding hydrogens is 464 g/mol. The molecule has 0 radical (unpaired) electrons. The van der Waals surface area contributed by atoms with Crippen LogP contribution in [0, 0.1) is 46.3 Å². The second-order valence-electron chi connectivity index (χ2n) is 13.2. The van der Waals surface area contributed by atoms with Gasteiger partial charge in [-0.1, -0.05) is 39.0 Å². The number of esters is 2. The SMILES string of the molecule is COC(=O)CC[C@H](C)[C@@H]1CC[C@@H]2[C@H]3CC[C@@H]4C[C@H](OC(=O)c5ccccc5)CC[C@]4(C)[C@@H]3C[C@H](O)[C@@]21C. The number of hydrogen-bond donors (Lipinski definition) is 1. The molecule has 4 fully saturated rings. The number of rotatable bonds is 6. The normalized spacial score (nSPS) is 41.6. The summed E-state index contributed by atoms with van der Waals surface area (Å²) >= 11 is 0. The molecule has 4 aliphatic rings. The topological polar surface area (TPSA) is 72.8 Å². The zero-order chi connectivity index (χ0) is 26.4. The minimum atomic E-state index is -0.295. The molecule has 5 heteroatoms. The summed E-state index contributed by atoms with van der Waals surface area (Å²) in [5, 5.41) is 11.8. The highest BCUT2D eigenvalue weighted by molar-refractivity contribution is 5.89. The summed E-state index contributed by atoms with van der Waals surface area (Å²) in [4.78, 5) is 24.5. The van der Waals surface area contributed by atoms with Crippen molar-refractivity contribution in [2.24, 2.45) is 46.3 Å². The van der Waals surface area contributed by atoms with E-state index in [4.69, 9.17) is 9.47 Å². The number of methoxy groups -OCH3 is 1. The van der Waals surface area contributed by atoms with Crippen LogP contribution in [0.2, 0.25) is 0 Å². The molecule has 4 aliphatic carbocycles. The molecule has 0 amide bonds. The molecule has 5 nitrogen and oxygen atoms in total. The molecule has 37 heavy (non-hydrogen) atoms. The Balaban J connectivity index is 1.27. The zero-order valence-electron chi connectivity index (χ0n) is 23.2. The molecule has 0 unspecified atom stereocenters. The van der Waals surface area contributed by atoms with Gasteiger partial charge in [0.1, 0.15) is 6.10 Å². The maximum absolute atomic E-state index is 12.7. The lowest BCUT2D eigenvalue weighted by molar-refractivity contribution is -0.175. The second kappa shape index (κ2) is 10.4. The number of benzene rings is 1. The molecule has 0 spiro atoms. The first-order valence-corrected chi connectivity index (χ1v) is 14.7. The Morgan fingerprint density at radius 3 is 2.51 bits per heavy atom. The Bertz CT molecular complexity index is 977. The maximum atomic E-state index is 12.7. The van der Waals surface area contributed by atoms with Crippen LogP contribution in [0.3, 0.4) is 0 Å². The van der Waals surface area contributed by atoms with Crippen LogP contribution in [-0.2, 0) is 14.3 Å². The van der Waals surface area contributed by atoms with Gasteiger partial charge >= 0.3 is 11.9 Å². The Morgan fingerprint density at radius 1 is 1.03 bits per heavy atom. The predicted molar refractivity (Wildman–Crippen MR) is 143 cm³/mol. The van der Waals surface area contributed by atoms with E-state index in [-0.39, 0.29) is 35.0 Å². The molecule has 10 atom stereocenters. The number of aliphatic hydroxyl groups is 1. The van der Waals surface area contributed by atoms with Gasteiger partial charge in [0.2, 0.25) is 0 Å². The van der Waals surface area contributed by atoms with E-state index in [0.717, 1.165) is 38.5 Å². The summed E-state index contributed by atoms with van der Waals surface area (Å²) in [6.07, 6.45) is 9.59. The van der Waals surface area contributed by atoms with Gasteiger partial charge in [0, 0.05) is 6.42 Å². The van der Waals surface area contributed by atoms with Crippen molar-refractivity contribution in [2.75, 3.05) is 7.11 Å². The summed E-state index contributed by atoms with van der Waals surface area (Å²) in [6, 6.07) is 9.33. The molecule has 1 aromatic rings. The zero-order valence-corrected chi connectivity index (χ0v) is 23.2. The smallest absolute Gasteiger partial charge is 0.338 e. The van der Waals surface area contributed by atoms with Crippen molar-refractivity contribution in [1.82, 2.24) is 0 Å². The van der Waals surface area contributed by atoms with Crippen molar-refractivity contribution in [3.8, 4) is 0 Å². The lowest BCUT2D eigenvalue weighted by atomic mass is 9.43. The minimum absolute atomic E-state index is 0.00682. The maximum Gasteiger partial charge on any atom is 0.338 e. The predicted octanol–water partition coefficient (Wildman–Crippen LogP) is 6.43. The van der Waals surface area contributed by atoms with Crippen LogP contribution in [0.1, 0.15) is 95.3 Å². The summed E-state index contributed by atoms with van der Waals surface area (Å²) < 4.78 is 10.9. The molecule has 0 saturated heterocycles. The second-order valence-corrected chi connectivity index (χ2v) is 13.2. The van der Waals surface area contributed by atoms with E-state index in [1.807, 2.05) is 30.3 Å². The number of aliphatic hydroxyl groups excluding tert-OH is 1. The van der Waals surface area contributed by atoms with Crippen LogP contribution >= 0.6 is 0 Å². The standard InChI is InChI=1S/C32H46O5/c1-20(10-15-29(34)36-4)25-13-14-26-24-12-11-22-18-23(37-30(35)21-8-6-5-7-9-21)16-17-31(22,2)27(24)19-28(33)32(25,26)3/h5-9,20,22-28,33H,10-19H2,1-4H3/t20-,22+,23+,24+,25-,26+,27+,28-,31-,32+/m0/s1. The highest BCUT2D eigenvalue weighted by atomic mass is 16.5. The monoisotopic (exact) mass is 510 g/mol. The third-order valence-corrected chi connectivity index (χ3v) is 11.8. The van der Waals surface area contributed by atoms with Crippen molar-refractivity contribution in [2.45, 2.75) is 97.2 Å². The molecule has 1 N–H and O–H groups in total. The summed E-state index contributed by atoms with van der Waals surface area (Å²) in [5.41, 5.74) is 0.767. The lowest BCUT2D eigenvalue weighted by Crippen LogP contribution is -2.59. The van der Waals surface area contributed by atoms with E-state index in [0.29, 0.717) is 47.5 Å². The van der Waals surface area contributed by atoms with Crippen molar-refractivity contribution in [3.05, 3.63) is 35.9 Å². The average molecular weight is 511 g/mol. The Hall–Kier alpha value is -1.88. The van der Waals surface area contributed by atoms with E-state index in [2.05, 4.69) is 20.8 Å². The highest BCUT2D eigenvalue weighted by Gasteiger charge is 2.63. The quantitative estimate of drug-likeness (QED) is 0.447. The summed E-state index contributed by atoms with van der Waals surface area (Å²) in [6.45, 7) is 7.11. The van der Waals surface area contributed by atoms with Gasteiger partial charge in [-0.3, -0.25) is 4.79 Å². The van der Waals surface area contributed by atoms with Crippen molar-refractivity contribution >= 4 is 11.9 Å². The Morgan fingerprint density at radius 2 is 1.78 bits per heavy atom. The van der Waals surface area contributed by atoms with Gasteiger partial charge in [0.25, 0.3) is 0 Å². The number of ether oxygens (including phenoxy) is 2. The molecular formula is C32H46O5. The highest BCUT2D eigenvalue weighted by Crippen LogP contribution is 2.68. The summed E-state index contributed by atoms with van der Waals surface area (Å²) in [5.74, 6) is 2.82.